The number of aromatic nitrogens is 6. The van der Waals surface area contributed by atoms with E-state index < -0.39 is 0 Å². The monoisotopic (exact) mass is 1320 g/mol. The van der Waals surface area contributed by atoms with Crippen LogP contribution < -0.4 is 16.7 Å². The van der Waals surface area contributed by atoms with Crippen molar-refractivity contribution in [2.75, 3.05) is 0 Å². The van der Waals surface area contributed by atoms with Crippen LogP contribution in [0.2, 0.25) is 0 Å². The highest BCUT2D eigenvalue weighted by molar-refractivity contribution is 6.24. The summed E-state index contributed by atoms with van der Waals surface area (Å²) in [7, 11) is 0. The van der Waals surface area contributed by atoms with Crippen LogP contribution in [0.4, 0.5) is 5.69 Å². The lowest BCUT2D eigenvalue weighted by Crippen LogP contribution is -2.13. The van der Waals surface area contributed by atoms with Gasteiger partial charge in [0.05, 0.1) is 86.2 Å². The van der Waals surface area contributed by atoms with Crippen LogP contribution in [0.5, 0.6) is 0 Å². The summed E-state index contributed by atoms with van der Waals surface area (Å²) in [6.45, 7) is 7.30. The number of benzene rings is 14. The van der Waals surface area contributed by atoms with Crippen molar-refractivity contribution in [3.63, 3.8) is 0 Å². The molecule has 20 aromatic rings. The Morgan fingerprint density at radius 3 is 1.01 bits per heavy atom. The molecule has 0 fully saturated rings. The molecule has 0 atom stereocenters. The Morgan fingerprint density at radius 2 is 0.631 bits per heavy atom. The molecule has 0 N–H and O–H groups in total. The van der Waals surface area contributed by atoms with Gasteiger partial charge in [0.25, 0.3) is 16.7 Å². The van der Waals surface area contributed by atoms with Crippen LogP contribution >= 0.6 is 0 Å². The first-order valence-electron chi connectivity index (χ1n) is 33.0. The van der Waals surface area contributed by atoms with E-state index in [2.05, 4.69) is 65.5 Å². The summed E-state index contributed by atoms with van der Waals surface area (Å²) in [5.41, 5.74) is 17.7. The van der Waals surface area contributed by atoms with Gasteiger partial charge < -0.3 is 0 Å². The smallest absolute Gasteiger partial charge is 0.264 e. The molecular formula is C89H45N11O3. The van der Waals surface area contributed by atoms with Gasteiger partial charge in [0, 0.05) is 64.6 Å². The molecule has 0 bridgehead atoms. The highest BCUT2D eigenvalue weighted by Gasteiger charge is 2.25. The topological polar surface area (TPSA) is 203 Å². The molecule has 14 nitrogen and oxygen atoms in total. The predicted molar refractivity (Wildman–Crippen MR) is 408 cm³/mol. The fourth-order valence-corrected chi connectivity index (χ4v) is 15.1. The highest BCUT2D eigenvalue weighted by Crippen LogP contribution is 2.43. The Morgan fingerprint density at radius 1 is 0.291 bits per heavy atom. The fourth-order valence-electron chi connectivity index (χ4n) is 15.1. The van der Waals surface area contributed by atoms with E-state index in [1.807, 2.05) is 188 Å². The molecule has 14 heteroatoms. The van der Waals surface area contributed by atoms with Crippen LogP contribution in [-0.4, -0.2) is 28.2 Å². The van der Waals surface area contributed by atoms with Crippen molar-refractivity contribution in [3.05, 3.63) is 338 Å². The molecule has 0 saturated heterocycles. The maximum atomic E-state index is 14.3. The third kappa shape index (κ3) is 9.30. The summed E-state index contributed by atoms with van der Waals surface area (Å²) in [6.07, 6.45) is 0. The fraction of sp³-hybridized carbons (Fsp3) is 0. The van der Waals surface area contributed by atoms with Crippen molar-refractivity contribution >= 4 is 120 Å². The quantitative estimate of drug-likeness (QED) is 0.149. The molecule has 0 aliphatic heterocycles. The average Bonchev–Trinajstić information content (AvgIpc) is 1.66. The zero-order valence-corrected chi connectivity index (χ0v) is 54.1. The van der Waals surface area contributed by atoms with Gasteiger partial charge in [-0.05, 0) is 153 Å². The summed E-state index contributed by atoms with van der Waals surface area (Å²) < 4.78 is 4.92. The summed E-state index contributed by atoms with van der Waals surface area (Å²) in [5, 5.41) is 47.7. The Labute approximate surface area is 583 Å². The molecule has 6 aromatic heterocycles. The van der Waals surface area contributed by atoms with E-state index in [0.29, 0.717) is 83.1 Å². The summed E-state index contributed by atoms with van der Waals surface area (Å²) >= 11 is 0. The molecule has 0 aliphatic rings. The first-order chi connectivity index (χ1) is 50.6. The number of pyridine rings is 3. The number of nitriles is 4. The summed E-state index contributed by atoms with van der Waals surface area (Å²) in [6, 6.07) is 96.1. The normalized spacial score (nSPS) is 11.4. The van der Waals surface area contributed by atoms with E-state index >= 15 is 0 Å². The zero-order valence-electron chi connectivity index (χ0n) is 54.1. The van der Waals surface area contributed by atoms with Gasteiger partial charge in [0.15, 0.2) is 5.69 Å². The minimum atomic E-state index is -0.202. The van der Waals surface area contributed by atoms with Crippen molar-refractivity contribution in [2.45, 2.75) is 0 Å². The Balaban J connectivity index is 0.000000112. The number of nitrogens with zero attached hydrogens (tertiary/aromatic N) is 11. The number of hydrogen-bond donors (Lipinski definition) is 0. The molecule has 0 amide bonds. The molecule has 0 spiro atoms. The van der Waals surface area contributed by atoms with Gasteiger partial charge in [0.1, 0.15) is 16.9 Å². The van der Waals surface area contributed by atoms with E-state index in [0.717, 1.165) is 115 Å². The first-order valence-corrected chi connectivity index (χ1v) is 33.0. The van der Waals surface area contributed by atoms with Crippen LogP contribution in [0.1, 0.15) is 22.3 Å². The maximum absolute atomic E-state index is 14.3. The van der Waals surface area contributed by atoms with Crippen LogP contribution in [0, 0.1) is 51.9 Å². The predicted octanol–water partition coefficient (Wildman–Crippen LogP) is 19.1. The zero-order chi connectivity index (χ0) is 69.7. The number of hydrogen-bond acceptors (Lipinski definition) is 10. The average molecular weight is 1320 g/mol. The van der Waals surface area contributed by atoms with Gasteiger partial charge in [-0.2, -0.15) is 21.0 Å². The molecule has 14 aromatic carbocycles. The van der Waals surface area contributed by atoms with Crippen LogP contribution in [0.25, 0.3) is 175 Å². The Kier molecular flexibility index (Phi) is 13.9. The third-order valence-electron chi connectivity index (χ3n) is 19.6. The number of imidazole rings is 3. The first kappa shape index (κ1) is 60.2. The summed E-state index contributed by atoms with van der Waals surface area (Å²) in [4.78, 5) is 59.4. The van der Waals surface area contributed by atoms with E-state index in [1.165, 1.54) is 0 Å². The van der Waals surface area contributed by atoms with Crippen molar-refractivity contribution in [2.24, 2.45) is 0 Å². The largest absolute Gasteiger partial charge is 0.268 e. The Bertz CT molecular complexity index is 7300. The van der Waals surface area contributed by atoms with Gasteiger partial charge in [-0.25, -0.2) is 19.8 Å². The second-order valence-electron chi connectivity index (χ2n) is 25.1. The lowest BCUT2D eigenvalue weighted by molar-refractivity contribution is 1.19. The van der Waals surface area contributed by atoms with Crippen molar-refractivity contribution in [3.8, 4) is 79.9 Å². The summed E-state index contributed by atoms with van der Waals surface area (Å²) in [5.74, 6) is 0. The second-order valence-corrected chi connectivity index (χ2v) is 25.1. The Hall–Kier alpha value is -15.3. The molecule has 474 valence electrons. The lowest BCUT2D eigenvalue weighted by Gasteiger charge is -2.13. The second kappa shape index (κ2) is 23.8. The molecule has 0 radical (unpaired) electrons. The SMILES string of the molecule is N#Cc1ccc2c(c1)nc1c3ccc(C#N)c4c(-c5ccccc5)ccc(c(=O)n21)c43.N#Cc1ccc2c3c1c(-c1ccccc1)ccc3c(=O)n1c3cc(-c4ccccc4)c(-c4ccccc4)cc3nc21.[C-]#[N+]c1ccc2nc3c4ccc(C#N)c5c(-c6ccccc6)ccc(c(=O)n3c2c1)c54. The molecule has 103 heavy (non-hydrogen) atoms. The highest BCUT2D eigenvalue weighted by atomic mass is 16.1. The van der Waals surface area contributed by atoms with E-state index in [9.17, 15) is 35.4 Å². The minimum Gasteiger partial charge on any atom is -0.268 e. The number of fused-ring (bicyclic) bond motifs is 12. The van der Waals surface area contributed by atoms with Gasteiger partial charge >= 0.3 is 0 Å². The van der Waals surface area contributed by atoms with Crippen LogP contribution in [0.15, 0.2) is 287 Å². The van der Waals surface area contributed by atoms with Gasteiger partial charge in [0.2, 0.25) is 0 Å². The molecular weight excluding hydrogens is 1270 g/mol. The lowest BCUT2D eigenvalue weighted by atomic mass is 9.91. The number of rotatable bonds is 5. The minimum absolute atomic E-state index is 0.138. The maximum Gasteiger partial charge on any atom is 0.264 e. The molecule has 20 rings (SSSR count). The van der Waals surface area contributed by atoms with Crippen molar-refractivity contribution in [1.82, 2.24) is 28.2 Å². The molecule has 6 heterocycles. The van der Waals surface area contributed by atoms with E-state index in [-0.39, 0.29) is 16.7 Å². The molecule has 0 unspecified atom stereocenters. The molecule has 0 aliphatic carbocycles. The van der Waals surface area contributed by atoms with Crippen LogP contribution in [-0.2, 0) is 0 Å². The van der Waals surface area contributed by atoms with E-state index in [1.54, 1.807) is 61.7 Å². The standard InChI is InChI=1S/C37H21N3O.2C26H12N4O/c38-22-26-16-17-28-35-29(19-18-27(34(26)35)23-10-4-1-5-11-23)37(41)40-33-21-31(25-14-8-3-9-15-25)30(20-32(33)39-36(28)40)24-12-6-2-7-13-24;1-28-17-8-12-21-22(13-17)30-25(29-21)19-9-7-16(14-27)23-18(15-5-3-2-4-6-15)10-11-20(24(19)23)26(30)31;27-13-15-6-11-22-21(12-15)29-25-19-8-7-17(14-28)23-18(16-4-2-1-3-5-16)9-10-20(24(19)23)26(31)30(22)25/h1-21H;2-13H;1-12H. The van der Waals surface area contributed by atoms with Crippen molar-refractivity contribution < 1.29 is 0 Å². The van der Waals surface area contributed by atoms with Crippen LogP contribution in [0.3, 0.4) is 0 Å². The third-order valence-corrected chi connectivity index (χ3v) is 19.6. The van der Waals surface area contributed by atoms with Gasteiger partial charge in [-0.15, -0.1) is 0 Å². The molecule has 0 saturated carbocycles. The van der Waals surface area contributed by atoms with Gasteiger partial charge in [-0.3, -0.25) is 27.6 Å². The van der Waals surface area contributed by atoms with Crippen molar-refractivity contribution in [1.29, 1.82) is 21.0 Å². The van der Waals surface area contributed by atoms with E-state index in [4.69, 9.17) is 21.5 Å². The van der Waals surface area contributed by atoms with Gasteiger partial charge in [-0.1, -0.05) is 176 Å².